The number of carbonyl (C=O) groups is 1. The summed E-state index contributed by atoms with van der Waals surface area (Å²) in [6.07, 6.45) is 1.70. The van der Waals surface area contributed by atoms with Gasteiger partial charge in [-0.25, -0.2) is 0 Å². The molecule has 0 bridgehead atoms. The minimum atomic E-state index is -0.559. The summed E-state index contributed by atoms with van der Waals surface area (Å²) in [5, 5.41) is 23.2. The van der Waals surface area contributed by atoms with Crippen LogP contribution in [0.4, 0.5) is 11.4 Å². The Morgan fingerprint density at radius 2 is 1.97 bits per heavy atom. The zero-order valence-electron chi connectivity index (χ0n) is 15.4. The van der Waals surface area contributed by atoms with E-state index in [1.807, 2.05) is 16.7 Å². The number of benzene rings is 2. The van der Waals surface area contributed by atoms with Crippen LogP contribution in [0.25, 0.3) is 11.4 Å². The zero-order chi connectivity index (χ0) is 21.7. The molecule has 0 fully saturated rings. The third kappa shape index (κ3) is 5.18. The van der Waals surface area contributed by atoms with Crippen molar-refractivity contribution in [3.05, 3.63) is 75.3 Å². The second-order valence-corrected chi connectivity index (χ2v) is 7.76. The maximum absolute atomic E-state index is 12.3. The van der Waals surface area contributed by atoms with E-state index in [2.05, 4.69) is 22.1 Å². The topological polar surface area (TPSA) is 103 Å². The molecule has 2 aromatic carbocycles. The number of nitro benzene ring substituents is 1. The van der Waals surface area contributed by atoms with E-state index >= 15 is 0 Å². The van der Waals surface area contributed by atoms with Gasteiger partial charge in [0.05, 0.1) is 21.4 Å². The Morgan fingerprint density at radius 3 is 2.63 bits per heavy atom. The van der Waals surface area contributed by atoms with Crippen molar-refractivity contribution < 1.29 is 9.72 Å². The van der Waals surface area contributed by atoms with Crippen LogP contribution in [0.1, 0.15) is 0 Å². The monoisotopic (exact) mass is 463 g/mol. The Morgan fingerprint density at radius 1 is 1.23 bits per heavy atom. The molecular formula is C19H15Cl2N5O3S. The predicted octanol–water partition coefficient (Wildman–Crippen LogP) is 5.08. The van der Waals surface area contributed by atoms with E-state index in [-0.39, 0.29) is 28.1 Å². The maximum atomic E-state index is 12.3. The molecule has 1 heterocycles. The number of anilines is 1. The van der Waals surface area contributed by atoms with Gasteiger partial charge >= 0.3 is 0 Å². The Hall–Kier alpha value is -2.88. The molecular weight excluding hydrogens is 449 g/mol. The highest BCUT2D eigenvalue weighted by molar-refractivity contribution is 7.99. The number of rotatable bonds is 8. The molecule has 8 nitrogen and oxygen atoms in total. The molecule has 11 heteroatoms. The summed E-state index contributed by atoms with van der Waals surface area (Å²) in [7, 11) is 0. The fourth-order valence-corrected chi connectivity index (χ4v) is 3.58. The first-order valence-electron chi connectivity index (χ1n) is 8.55. The predicted molar refractivity (Wildman–Crippen MR) is 118 cm³/mol. The number of aromatic nitrogens is 3. The molecule has 1 aromatic heterocycles. The summed E-state index contributed by atoms with van der Waals surface area (Å²) in [5.41, 5.74) is 0.833. The van der Waals surface area contributed by atoms with Gasteiger partial charge < -0.3 is 5.32 Å². The van der Waals surface area contributed by atoms with Gasteiger partial charge in [0.2, 0.25) is 5.91 Å². The van der Waals surface area contributed by atoms with Crippen molar-refractivity contribution in [2.24, 2.45) is 0 Å². The van der Waals surface area contributed by atoms with Crippen LogP contribution in [-0.2, 0) is 11.3 Å². The van der Waals surface area contributed by atoms with E-state index in [9.17, 15) is 14.9 Å². The molecule has 1 amide bonds. The molecule has 30 heavy (non-hydrogen) atoms. The Kier molecular flexibility index (Phi) is 7.09. The lowest BCUT2D eigenvalue weighted by Gasteiger charge is -2.09. The minimum Gasteiger partial charge on any atom is -0.324 e. The lowest BCUT2D eigenvalue weighted by atomic mass is 10.2. The van der Waals surface area contributed by atoms with Crippen molar-refractivity contribution in [3.63, 3.8) is 0 Å². The van der Waals surface area contributed by atoms with Gasteiger partial charge in [0, 0.05) is 29.3 Å². The van der Waals surface area contributed by atoms with Crippen LogP contribution in [0.2, 0.25) is 10.0 Å². The van der Waals surface area contributed by atoms with E-state index in [1.54, 1.807) is 18.2 Å². The second-order valence-electron chi connectivity index (χ2n) is 5.97. The molecule has 1 N–H and O–H groups in total. The minimum absolute atomic E-state index is 0.00884. The van der Waals surface area contributed by atoms with Crippen LogP contribution in [0, 0.1) is 10.1 Å². The van der Waals surface area contributed by atoms with E-state index in [1.165, 1.54) is 30.0 Å². The summed E-state index contributed by atoms with van der Waals surface area (Å²) < 4.78 is 1.83. The van der Waals surface area contributed by atoms with Gasteiger partial charge in [0.1, 0.15) is 0 Å². The molecule has 0 saturated heterocycles. The molecule has 0 atom stereocenters. The van der Waals surface area contributed by atoms with Gasteiger partial charge in [-0.05, 0) is 30.3 Å². The number of nitrogens with one attached hydrogen (secondary N) is 1. The first kappa shape index (κ1) is 21.8. The summed E-state index contributed by atoms with van der Waals surface area (Å²) in [6.45, 7) is 4.20. The van der Waals surface area contributed by atoms with E-state index in [0.717, 1.165) is 5.56 Å². The lowest BCUT2D eigenvalue weighted by Crippen LogP contribution is -2.15. The fraction of sp³-hybridized carbons (Fsp3) is 0.105. The average molecular weight is 464 g/mol. The number of non-ortho nitro benzene ring substituents is 1. The number of halogens is 2. The van der Waals surface area contributed by atoms with Gasteiger partial charge in [0.25, 0.3) is 5.69 Å². The van der Waals surface area contributed by atoms with E-state index in [4.69, 9.17) is 23.2 Å². The number of thioether (sulfide) groups is 1. The fourth-order valence-electron chi connectivity index (χ4n) is 2.54. The van der Waals surface area contributed by atoms with Crippen LogP contribution in [0.3, 0.4) is 0 Å². The molecule has 0 spiro atoms. The molecule has 0 saturated carbocycles. The summed E-state index contributed by atoms with van der Waals surface area (Å²) in [4.78, 5) is 22.7. The van der Waals surface area contributed by atoms with Crippen molar-refractivity contribution in [1.29, 1.82) is 0 Å². The van der Waals surface area contributed by atoms with Gasteiger partial charge in [-0.3, -0.25) is 19.5 Å². The van der Waals surface area contributed by atoms with Crippen LogP contribution in [-0.4, -0.2) is 31.3 Å². The first-order chi connectivity index (χ1) is 14.4. The van der Waals surface area contributed by atoms with Crippen LogP contribution < -0.4 is 5.32 Å². The summed E-state index contributed by atoms with van der Waals surface area (Å²) >= 11 is 13.1. The Bertz CT molecular complexity index is 1100. The number of nitrogens with zero attached hydrogens (tertiary/aromatic N) is 4. The molecule has 0 aliphatic carbocycles. The lowest BCUT2D eigenvalue weighted by molar-refractivity contribution is -0.384. The van der Waals surface area contributed by atoms with E-state index < -0.39 is 4.92 Å². The number of allylic oxidation sites excluding steroid dienone is 1. The molecule has 3 aromatic rings. The molecule has 3 rings (SSSR count). The third-order valence-electron chi connectivity index (χ3n) is 3.90. The molecule has 0 radical (unpaired) electrons. The highest BCUT2D eigenvalue weighted by atomic mass is 35.5. The van der Waals surface area contributed by atoms with Gasteiger partial charge in [-0.1, -0.05) is 41.0 Å². The molecule has 0 aliphatic rings. The average Bonchev–Trinajstić information content (AvgIpc) is 3.11. The van der Waals surface area contributed by atoms with Crippen LogP contribution in [0.5, 0.6) is 0 Å². The quantitative estimate of drug-likeness (QED) is 0.216. The van der Waals surface area contributed by atoms with Crippen molar-refractivity contribution >= 4 is 52.2 Å². The van der Waals surface area contributed by atoms with Gasteiger partial charge in [-0.15, -0.1) is 16.8 Å². The highest BCUT2D eigenvalue weighted by Gasteiger charge is 2.16. The van der Waals surface area contributed by atoms with Gasteiger partial charge in [-0.2, -0.15) is 0 Å². The SMILES string of the molecule is C=CCn1c(SCC(=O)Nc2cc([N+](=O)[O-])ccc2Cl)nnc1-c1ccc(Cl)cc1. The van der Waals surface area contributed by atoms with Crippen molar-refractivity contribution in [2.45, 2.75) is 11.7 Å². The summed E-state index contributed by atoms with van der Waals surface area (Å²) in [5.74, 6) is 0.245. The van der Waals surface area contributed by atoms with Crippen molar-refractivity contribution in [2.75, 3.05) is 11.1 Å². The largest absolute Gasteiger partial charge is 0.324 e. The van der Waals surface area contributed by atoms with Crippen molar-refractivity contribution in [3.8, 4) is 11.4 Å². The molecule has 0 unspecified atom stereocenters. The Balaban J connectivity index is 1.73. The maximum Gasteiger partial charge on any atom is 0.271 e. The van der Waals surface area contributed by atoms with E-state index in [0.29, 0.717) is 22.5 Å². The van der Waals surface area contributed by atoms with Crippen LogP contribution >= 0.6 is 35.0 Å². The normalized spacial score (nSPS) is 10.6. The Labute approximate surface area is 186 Å². The number of hydrogen-bond acceptors (Lipinski definition) is 6. The highest BCUT2D eigenvalue weighted by Crippen LogP contribution is 2.28. The molecule has 154 valence electrons. The first-order valence-corrected chi connectivity index (χ1v) is 10.3. The number of carbonyl (C=O) groups excluding carboxylic acids is 1. The second kappa shape index (κ2) is 9.75. The van der Waals surface area contributed by atoms with Crippen LogP contribution in [0.15, 0.2) is 60.3 Å². The number of nitro groups is 1. The number of amides is 1. The standard InChI is InChI=1S/C19H15Cl2N5O3S/c1-2-9-25-18(12-3-5-13(20)6-4-12)23-24-19(25)30-11-17(27)22-16-10-14(26(28)29)7-8-15(16)21/h2-8,10H,1,9,11H2,(H,22,27). The summed E-state index contributed by atoms with van der Waals surface area (Å²) in [6, 6.07) is 11.0. The van der Waals surface area contributed by atoms with Gasteiger partial charge in [0.15, 0.2) is 11.0 Å². The zero-order valence-corrected chi connectivity index (χ0v) is 17.7. The molecule has 0 aliphatic heterocycles. The third-order valence-corrected chi connectivity index (χ3v) is 5.45. The van der Waals surface area contributed by atoms with Crippen molar-refractivity contribution in [1.82, 2.24) is 14.8 Å². The smallest absolute Gasteiger partial charge is 0.271 e. The number of hydrogen-bond donors (Lipinski definition) is 1.